The molecule has 1 aromatic carbocycles. The first kappa shape index (κ1) is 17.1. The Kier molecular flexibility index (Phi) is 4.83. The zero-order chi connectivity index (χ0) is 18.0. The van der Waals surface area contributed by atoms with E-state index in [1.165, 1.54) is 15.6 Å². The Hall–Kier alpha value is -2.70. The lowest BCUT2D eigenvalue weighted by molar-refractivity contribution is -0.137. The molecule has 3 rings (SSSR count). The van der Waals surface area contributed by atoms with E-state index < -0.39 is 5.97 Å². The van der Waals surface area contributed by atoms with Crippen molar-refractivity contribution in [2.24, 2.45) is 0 Å². The van der Waals surface area contributed by atoms with Crippen LogP contribution >= 0.6 is 0 Å². The normalized spacial score (nSPS) is 12.9. The molecule has 0 unspecified atom stereocenters. The Balaban J connectivity index is 1.88. The smallest absolute Gasteiger partial charge is 0.303 e. The van der Waals surface area contributed by atoms with Gasteiger partial charge in [-0.1, -0.05) is 12.1 Å². The minimum Gasteiger partial charge on any atom is -0.481 e. The highest BCUT2D eigenvalue weighted by molar-refractivity contribution is 5.94. The van der Waals surface area contributed by atoms with E-state index in [1.54, 1.807) is 25.2 Å². The largest absolute Gasteiger partial charge is 0.481 e. The molecule has 0 spiro atoms. The second kappa shape index (κ2) is 7.04. The van der Waals surface area contributed by atoms with Gasteiger partial charge >= 0.3 is 5.97 Å². The van der Waals surface area contributed by atoms with Crippen LogP contribution in [0.25, 0.3) is 5.69 Å². The van der Waals surface area contributed by atoms with Gasteiger partial charge in [-0.25, -0.2) is 9.07 Å². The van der Waals surface area contributed by atoms with Crippen LogP contribution in [0, 0.1) is 5.82 Å². The van der Waals surface area contributed by atoms with Crippen LogP contribution in [0.5, 0.6) is 0 Å². The molecule has 0 saturated carbocycles. The number of halogens is 1. The number of carbonyl (C=O) groups excluding carboxylic acids is 1. The number of para-hydroxylation sites is 1. The van der Waals surface area contributed by atoms with Gasteiger partial charge in [0.15, 0.2) is 5.69 Å². The monoisotopic (exact) mass is 345 g/mol. The minimum absolute atomic E-state index is 0.0133. The van der Waals surface area contributed by atoms with Gasteiger partial charge in [0.2, 0.25) is 0 Å². The SMILES string of the molecule is CN(CCCC(=O)O)C(=O)c1nn(-c2ccccc2F)c2c1CCC2. The number of hydrogen-bond acceptors (Lipinski definition) is 3. The lowest BCUT2D eigenvalue weighted by atomic mass is 10.2. The molecule has 132 valence electrons. The van der Waals surface area contributed by atoms with Crippen LogP contribution in [-0.4, -0.2) is 45.3 Å². The molecule has 1 heterocycles. The van der Waals surface area contributed by atoms with Crippen molar-refractivity contribution >= 4 is 11.9 Å². The maximum Gasteiger partial charge on any atom is 0.303 e. The molecule has 6 nitrogen and oxygen atoms in total. The average Bonchev–Trinajstić information content (AvgIpc) is 3.17. The molecule has 0 saturated heterocycles. The fraction of sp³-hybridized carbons (Fsp3) is 0.389. The summed E-state index contributed by atoms with van der Waals surface area (Å²) < 4.78 is 15.7. The van der Waals surface area contributed by atoms with Crippen molar-refractivity contribution in [1.82, 2.24) is 14.7 Å². The fourth-order valence-electron chi connectivity index (χ4n) is 3.18. The molecule has 1 aromatic heterocycles. The zero-order valence-electron chi connectivity index (χ0n) is 14.0. The second-order valence-electron chi connectivity index (χ2n) is 6.21. The lowest BCUT2D eigenvalue weighted by Crippen LogP contribution is -2.29. The number of carboxylic acid groups (broad SMARTS) is 1. The molecule has 1 aliphatic carbocycles. The zero-order valence-corrected chi connectivity index (χ0v) is 14.0. The topological polar surface area (TPSA) is 75.4 Å². The Bertz CT molecular complexity index is 816. The van der Waals surface area contributed by atoms with Crippen molar-refractivity contribution in [3.05, 3.63) is 47.0 Å². The number of rotatable bonds is 6. The summed E-state index contributed by atoms with van der Waals surface area (Å²) in [5, 5.41) is 13.1. The number of amides is 1. The van der Waals surface area contributed by atoms with Crippen molar-refractivity contribution < 1.29 is 19.1 Å². The predicted molar refractivity (Wildman–Crippen MR) is 89.4 cm³/mol. The Morgan fingerprint density at radius 1 is 1.32 bits per heavy atom. The summed E-state index contributed by atoms with van der Waals surface area (Å²) in [7, 11) is 1.63. The highest BCUT2D eigenvalue weighted by Gasteiger charge is 2.29. The van der Waals surface area contributed by atoms with Crippen LogP contribution < -0.4 is 0 Å². The first-order valence-corrected chi connectivity index (χ1v) is 8.32. The van der Waals surface area contributed by atoms with Crippen LogP contribution in [0.15, 0.2) is 24.3 Å². The Labute approximate surface area is 144 Å². The molecule has 0 aliphatic heterocycles. The lowest BCUT2D eigenvalue weighted by Gasteiger charge is -2.15. The second-order valence-corrected chi connectivity index (χ2v) is 6.21. The van der Waals surface area contributed by atoms with E-state index in [0.29, 0.717) is 24.3 Å². The molecule has 2 aromatic rings. The van der Waals surface area contributed by atoms with Gasteiger partial charge in [0.05, 0.1) is 0 Å². The van der Waals surface area contributed by atoms with Crippen molar-refractivity contribution in [2.45, 2.75) is 32.1 Å². The van der Waals surface area contributed by atoms with E-state index >= 15 is 0 Å². The summed E-state index contributed by atoms with van der Waals surface area (Å²) in [5.74, 6) is -1.52. The molecule has 0 fully saturated rings. The van der Waals surface area contributed by atoms with Gasteiger partial charge in [0.1, 0.15) is 11.5 Å². The molecule has 1 aliphatic rings. The van der Waals surface area contributed by atoms with Crippen LogP contribution in [-0.2, 0) is 17.6 Å². The average molecular weight is 345 g/mol. The van der Waals surface area contributed by atoms with E-state index in [1.807, 2.05) is 0 Å². The van der Waals surface area contributed by atoms with Crippen molar-refractivity contribution in [3.8, 4) is 5.69 Å². The van der Waals surface area contributed by atoms with Gasteiger partial charge in [-0.2, -0.15) is 5.10 Å². The first-order valence-electron chi connectivity index (χ1n) is 8.32. The number of carboxylic acids is 1. The van der Waals surface area contributed by atoms with Gasteiger partial charge in [0, 0.05) is 31.3 Å². The molecule has 0 atom stereocenters. The fourth-order valence-corrected chi connectivity index (χ4v) is 3.18. The van der Waals surface area contributed by atoms with E-state index in [0.717, 1.165) is 30.5 Å². The highest BCUT2D eigenvalue weighted by atomic mass is 19.1. The summed E-state index contributed by atoms with van der Waals surface area (Å²) in [4.78, 5) is 24.8. The molecule has 0 radical (unpaired) electrons. The Morgan fingerprint density at radius 3 is 2.80 bits per heavy atom. The third-order valence-corrected chi connectivity index (χ3v) is 4.44. The number of carbonyl (C=O) groups is 2. The van der Waals surface area contributed by atoms with Crippen LogP contribution in [0.4, 0.5) is 4.39 Å². The number of aliphatic carboxylic acids is 1. The van der Waals surface area contributed by atoms with Gasteiger partial charge in [-0.3, -0.25) is 9.59 Å². The molecule has 25 heavy (non-hydrogen) atoms. The van der Waals surface area contributed by atoms with Crippen molar-refractivity contribution in [2.75, 3.05) is 13.6 Å². The number of benzene rings is 1. The molecule has 0 bridgehead atoms. The van der Waals surface area contributed by atoms with Crippen LogP contribution in [0.3, 0.4) is 0 Å². The molecular formula is C18H20FN3O3. The molecule has 7 heteroatoms. The van der Waals surface area contributed by atoms with Gasteiger partial charge in [0.25, 0.3) is 5.91 Å². The maximum absolute atomic E-state index is 14.1. The molecule has 1 amide bonds. The summed E-state index contributed by atoms with van der Waals surface area (Å²) in [6, 6.07) is 6.37. The van der Waals surface area contributed by atoms with E-state index in [-0.39, 0.29) is 18.1 Å². The van der Waals surface area contributed by atoms with Crippen molar-refractivity contribution in [3.63, 3.8) is 0 Å². The number of aromatic nitrogens is 2. The summed E-state index contributed by atoms with van der Waals surface area (Å²) in [6.45, 7) is 0.340. The minimum atomic E-state index is -0.884. The summed E-state index contributed by atoms with van der Waals surface area (Å²) >= 11 is 0. The quantitative estimate of drug-likeness (QED) is 0.872. The molecule has 1 N–H and O–H groups in total. The first-order chi connectivity index (χ1) is 12.0. The van der Waals surface area contributed by atoms with E-state index in [4.69, 9.17) is 5.11 Å². The van der Waals surface area contributed by atoms with Crippen molar-refractivity contribution in [1.29, 1.82) is 0 Å². The van der Waals surface area contributed by atoms with Crippen LogP contribution in [0.2, 0.25) is 0 Å². The number of nitrogens with zero attached hydrogens (tertiary/aromatic N) is 3. The van der Waals surface area contributed by atoms with Crippen LogP contribution in [0.1, 0.15) is 41.0 Å². The predicted octanol–water partition coefficient (Wildman–Crippen LogP) is 2.44. The number of hydrogen-bond donors (Lipinski definition) is 1. The third kappa shape index (κ3) is 3.40. The maximum atomic E-state index is 14.1. The van der Waals surface area contributed by atoms with E-state index in [9.17, 15) is 14.0 Å². The van der Waals surface area contributed by atoms with Gasteiger partial charge in [-0.05, 0) is 37.8 Å². The number of fused-ring (bicyclic) bond motifs is 1. The standard InChI is InChI=1S/C18H20FN3O3/c1-21(11-5-10-16(23)24)18(25)17-12-6-4-9-14(12)22(20-17)15-8-3-2-7-13(15)19/h2-3,7-8H,4-6,9-11H2,1H3,(H,23,24). The van der Waals surface area contributed by atoms with Gasteiger partial charge < -0.3 is 10.0 Å². The van der Waals surface area contributed by atoms with E-state index in [2.05, 4.69) is 5.10 Å². The third-order valence-electron chi connectivity index (χ3n) is 4.44. The summed E-state index contributed by atoms with van der Waals surface area (Å²) in [5.41, 5.74) is 2.44. The summed E-state index contributed by atoms with van der Waals surface area (Å²) in [6.07, 6.45) is 2.80. The highest BCUT2D eigenvalue weighted by Crippen LogP contribution is 2.29. The Morgan fingerprint density at radius 2 is 2.08 bits per heavy atom. The van der Waals surface area contributed by atoms with Gasteiger partial charge in [-0.15, -0.1) is 0 Å². The molecular weight excluding hydrogens is 325 g/mol.